The number of rotatable bonds is 16. The summed E-state index contributed by atoms with van der Waals surface area (Å²) in [6.45, 7) is 2.51. The molecule has 15 nitrogen and oxygen atoms in total. The molecule has 0 radical (unpaired) electrons. The maximum absolute atomic E-state index is 12.5. The Kier molecular flexibility index (Phi) is 13.5. The van der Waals surface area contributed by atoms with Gasteiger partial charge in [-0.1, -0.05) is 13.8 Å². The number of nitrogens with one attached hydrogen (secondary N) is 4. The molecule has 0 unspecified atom stereocenters. The molecule has 34 heavy (non-hydrogen) atoms. The van der Waals surface area contributed by atoms with Gasteiger partial charge in [0.05, 0.1) is 25.6 Å². The topological polar surface area (TPSA) is 266 Å². The first-order valence-corrected chi connectivity index (χ1v) is 10.4. The first kappa shape index (κ1) is 30.2. The predicted octanol–water partition coefficient (Wildman–Crippen LogP) is -4.21. The van der Waals surface area contributed by atoms with E-state index in [9.17, 15) is 38.7 Å². The number of hydrogen-bond acceptors (Lipinski definition) is 8. The fourth-order valence-corrected chi connectivity index (χ4v) is 2.61. The lowest BCUT2D eigenvalue weighted by Crippen LogP contribution is -2.54. The van der Waals surface area contributed by atoms with Gasteiger partial charge < -0.3 is 43.6 Å². The average Bonchev–Trinajstić information content (AvgIpc) is 2.71. The molecular weight excluding hydrogens is 454 g/mol. The van der Waals surface area contributed by atoms with Gasteiger partial charge in [-0.25, -0.2) is 4.79 Å². The Morgan fingerprint density at radius 1 is 0.794 bits per heavy atom. The smallest absolute Gasteiger partial charge is 0.326 e. The van der Waals surface area contributed by atoms with Gasteiger partial charge in [0, 0.05) is 6.42 Å². The van der Waals surface area contributed by atoms with Crippen LogP contribution in [0.1, 0.15) is 39.5 Å². The van der Waals surface area contributed by atoms with Gasteiger partial charge in [0.2, 0.25) is 35.4 Å². The summed E-state index contributed by atoms with van der Waals surface area (Å²) in [5.74, 6) is -5.97. The summed E-state index contributed by atoms with van der Waals surface area (Å²) >= 11 is 0. The van der Waals surface area contributed by atoms with Crippen LogP contribution in [0.3, 0.4) is 0 Å². The normalized spacial score (nSPS) is 13.2. The molecule has 0 bridgehead atoms. The second kappa shape index (κ2) is 15.2. The van der Waals surface area contributed by atoms with Crippen LogP contribution in [-0.2, 0) is 33.6 Å². The van der Waals surface area contributed by atoms with Crippen molar-refractivity contribution in [1.82, 2.24) is 21.3 Å². The van der Waals surface area contributed by atoms with Gasteiger partial charge >= 0.3 is 5.97 Å². The molecule has 15 heteroatoms. The zero-order valence-corrected chi connectivity index (χ0v) is 19.1. The van der Waals surface area contributed by atoms with E-state index in [-0.39, 0.29) is 25.2 Å². The number of hydrogen-bond donors (Lipinski definition) is 8. The van der Waals surface area contributed by atoms with E-state index in [1.165, 1.54) is 0 Å². The van der Waals surface area contributed by atoms with Crippen LogP contribution in [0.15, 0.2) is 0 Å². The standard InChI is InChI=1S/C19H33N7O8/c1-9(2)5-12(18(32)26-11(19(33)34)3-4-13(21)27)25-16(30)8-23-15(29)7-24-17(31)10(20)6-14(22)28/h9-12H,3-8,20H2,1-2H3,(H2,21,27)(H2,22,28)(H,23,29)(H,24,31)(H,25,30)(H,26,32)(H,33,34)/t10-,11-,12-/m0/s1. The Hall–Kier alpha value is -3.75. The zero-order valence-electron chi connectivity index (χ0n) is 19.1. The molecule has 0 aliphatic rings. The molecule has 0 heterocycles. The van der Waals surface area contributed by atoms with Crippen molar-refractivity contribution in [3.8, 4) is 0 Å². The first-order chi connectivity index (χ1) is 15.7. The molecule has 0 aliphatic carbocycles. The van der Waals surface area contributed by atoms with Crippen molar-refractivity contribution in [2.45, 2.75) is 57.7 Å². The third-order valence-electron chi connectivity index (χ3n) is 4.28. The van der Waals surface area contributed by atoms with E-state index in [1.807, 2.05) is 0 Å². The van der Waals surface area contributed by atoms with Gasteiger partial charge in [-0.3, -0.25) is 28.8 Å². The molecule has 0 aliphatic heterocycles. The van der Waals surface area contributed by atoms with Crippen molar-refractivity contribution in [2.75, 3.05) is 13.1 Å². The Labute approximate surface area is 195 Å². The number of primary amides is 2. The van der Waals surface area contributed by atoms with Gasteiger partial charge in [-0.2, -0.15) is 0 Å². The van der Waals surface area contributed by atoms with Crippen molar-refractivity contribution in [2.24, 2.45) is 23.1 Å². The number of carbonyl (C=O) groups excluding carboxylic acids is 6. The summed E-state index contributed by atoms with van der Waals surface area (Å²) in [6, 6.07) is -3.70. The minimum Gasteiger partial charge on any atom is -0.480 e. The molecule has 6 amide bonds. The van der Waals surface area contributed by atoms with Gasteiger partial charge in [0.15, 0.2) is 0 Å². The van der Waals surface area contributed by atoms with Crippen LogP contribution in [0.5, 0.6) is 0 Å². The fraction of sp³-hybridized carbons (Fsp3) is 0.632. The Morgan fingerprint density at radius 3 is 1.88 bits per heavy atom. The molecule has 0 aromatic heterocycles. The summed E-state index contributed by atoms with van der Waals surface area (Å²) in [5.41, 5.74) is 15.4. The van der Waals surface area contributed by atoms with Crippen LogP contribution in [0.4, 0.5) is 0 Å². The van der Waals surface area contributed by atoms with Crippen molar-refractivity contribution >= 4 is 41.4 Å². The predicted molar refractivity (Wildman–Crippen MR) is 117 cm³/mol. The lowest BCUT2D eigenvalue weighted by molar-refractivity contribution is -0.142. The minimum atomic E-state index is -1.38. The van der Waals surface area contributed by atoms with Gasteiger partial charge in [-0.15, -0.1) is 0 Å². The molecule has 0 fully saturated rings. The Morgan fingerprint density at radius 2 is 1.38 bits per heavy atom. The lowest BCUT2D eigenvalue weighted by Gasteiger charge is -2.22. The number of carboxylic acids is 1. The van der Waals surface area contributed by atoms with Crippen LogP contribution < -0.4 is 38.5 Å². The molecular formula is C19H33N7O8. The molecule has 0 saturated heterocycles. The molecule has 0 saturated carbocycles. The number of carboxylic acid groups (broad SMARTS) is 1. The van der Waals surface area contributed by atoms with E-state index in [0.717, 1.165) is 0 Å². The quantitative estimate of drug-likeness (QED) is 0.105. The molecule has 0 aromatic rings. The van der Waals surface area contributed by atoms with Crippen LogP contribution in [-0.4, -0.2) is 77.7 Å². The first-order valence-electron chi connectivity index (χ1n) is 10.4. The van der Waals surface area contributed by atoms with Crippen LogP contribution in [0.25, 0.3) is 0 Å². The van der Waals surface area contributed by atoms with E-state index in [4.69, 9.17) is 17.2 Å². The molecule has 0 rings (SSSR count). The Bertz CT molecular complexity index is 787. The monoisotopic (exact) mass is 487 g/mol. The van der Waals surface area contributed by atoms with E-state index >= 15 is 0 Å². The number of nitrogens with two attached hydrogens (primary N) is 3. The van der Waals surface area contributed by atoms with Crippen molar-refractivity contribution in [3.63, 3.8) is 0 Å². The maximum Gasteiger partial charge on any atom is 0.326 e. The molecule has 3 atom stereocenters. The Balaban J connectivity index is 4.79. The maximum atomic E-state index is 12.5. The molecule has 0 spiro atoms. The number of amides is 6. The largest absolute Gasteiger partial charge is 0.480 e. The second-order valence-corrected chi connectivity index (χ2v) is 7.93. The summed E-state index contributed by atoms with van der Waals surface area (Å²) < 4.78 is 0. The fourth-order valence-electron chi connectivity index (χ4n) is 2.61. The zero-order chi connectivity index (χ0) is 26.4. The van der Waals surface area contributed by atoms with Gasteiger partial charge in [0.25, 0.3) is 0 Å². The summed E-state index contributed by atoms with van der Waals surface area (Å²) in [5, 5.41) is 18.3. The highest BCUT2D eigenvalue weighted by Crippen LogP contribution is 2.07. The van der Waals surface area contributed by atoms with Crippen molar-refractivity contribution in [3.05, 3.63) is 0 Å². The van der Waals surface area contributed by atoms with Crippen molar-refractivity contribution in [1.29, 1.82) is 0 Å². The van der Waals surface area contributed by atoms with Gasteiger partial charge in [-0.05, 0) is 18.8 Å². The molecule has 11 N–H and O–H groups in total. The highest BCUT2D eigenvalue weighted by atomic mass is 16.4. The lowest BCUT2D eigenvalue weighted by atomic mass is 10.0. The highest BCUT2D eigenvalue weighted by Gasteiger charge is 2.27. The third-order valence-corrected chi connectivity index (χ3v) is 4.28. The summed E-state index contributed by atoms with van der Waals surface area (Å²) in [6.07, 6.45) is -0.708. The number of carbonyl (C=O) groups is 7. The van der Waals surface area contributed by atoms with Crippen LogP contribution >= 0.6 is 0 Å². The van der Waals surface area contributed by atoms with Gasteiger partial charge in [0.1, 0.15) is 12.1 Å². The summed E-state index contributed by atoms with van der Waals surface area (Å²) in [7, 11) is 0. The van der Waals surface area contributed by atoms with Crippen molar-refractivity contribution < 1.29 is 38.7 Å². The van der Waals surface area contributed by atoms with E-state index in [1.54, 1.807) is 13.8 Å². The van der Waals surface area contributed by atoms with E-state index in [0.29, 0.717) is 0 Å². The molecule has 0 aromatic carbocycles. The second-order valence-electron chi connectivity index (χ2n) is 7.93. The van der Waals surface area contributed by atoms with E-state index < -0.39 is 79.0 Å². The number of aliphatic carboxylic acids is 1. The summed E-state index contributed by atoms with van der Waals surface area (Å²) in [4.78, 5) is 81.2. The SMILES string of the molecule is CC(C)C[C@H](NC(=O)CNC(=O)CNC(=O)[C@@H](N)CC(N)=O)C(=O)N[C@@H](CCC(N)=O)C(=O)O. The average molecular weight is 488 g/mol. The highest BCUT2D eigenvalue weighted by molar-refractivity contribution is 5.93. The molecule has 192 valence electrons. The van der Waals surface area contributed by atoms with E-state index in [2.05, 4.69) is 21.3 Å². The third kappa shape index (κ3) is 13.6. The van der Waals surface area contributed by atoms with Crippen LogP contribution in [0.2, 0.25) is 0 Å². The van der Waals surface area contributed by atoms with Crippen LogP contribution in [0, 0.1) is 5.92 Å². The minimum absolute atomic E-state index is 0.0561.